The summed E-state index contributed by atoms with van der Waals surface area (Å²) in [4.78, 5) is 8.56. The normalized spacial score (nSPS) is 26.9. The molecule has 0 aromatic heterocycles. The van der Waals surface area contributed by atoms with E-state index >= 15 is 0 Å². The highest BCUT2D eigenvalue weighted by atomic mass is 15.3. The Labute approximate surface area is 396 Å². The molecular formula is C63H71N3. The fourth-order valence-electron chi connectivity index (χ4n) is 15.0. The first-order chi connectivity index (χ1) is 31.3. The highest BCUT2D eigenvalue weighted by molar-refractivity contribution is 6.01. The molecule has 0 N–H and O–H groups in total. The molecule has 4 heterocycles. The number of rotatable bonds is 3. The second kappa shape index (κ2) is 13.7. The monoisotopic (exact) mass is 870 g/mol. The molecule has 6 aliphatic rings. The van der Waals surface area contributed by atoms with E-state index in [0.717, 1.165) is 0 Å². The lowest BCUT2D eigenvalue weighted by atomic mass is 9.61. The maximum absolute atomic E-state index is 2.97. The predicted octanol–water partition coefficient (Wildman–Crippen LogP) is 17.3. The van der Waals surface area contributed by atoms with Crippen LogP contribution in [0, 0.1) is 13.8 Å². The molecule has 2 aliphatic carbocycles. The van der Waals surface area contributed by atoms with Gasteiger partial charge in [-0.1, -0.05) is 154 Å². The summed E-state index contributed by atoms with van der Waals surface area (Å²) in [5, 5.41) is 0. The molecule has 3 nitrogen and oxygen atoms in total. The molecule has 338 valence electrons. The summed E-state index contributed by atoms with van der Waals surface area (Å²) in [5.74, 6) is 0.0951. The summed E-state index contributed by atoms with van der Waals surface area (Å²) in [5.41, 5.74) is 25.1. The number of hydrogen-bond acceptors (Lipinski definition) is 3. The Morgan fingerprint density at radius 1 is 0.500 bits per heavy atom. The third-order valence-corrected chi connectivity index (χ3v) is 18.9. The molecule has 66 heavy (non-hydrogen) atoms. The summed E-state index contributed by atoms with van der Waals surface area (Å²) < 4.78 is 0. The highest BCUT2D eigenvalue weighted by Gasteiger charge is 2.63. The van der Waals surface area contributed by atoms with Gasteiger partial charge in [0, 0.05) is 39.2 Å². The van der Waals surface area contributed by atoms with E-state index < -0.39 is 0 Å². The summed E-state index contributed by atoms with van der Waals surface area (Å²) in [6, 6.07) is 43.6. The first kappa shape index (κ1) is 42.1. The van der Waals surface area contributed by atoms with Crippen molar-refractivity contribution < 1.29 is 0 Å². The second-order valence-corrected chi connectivity index (χ2v) is 24.5. The zero-order chi connectivity index (χ0) is 46.1. The van der Waals surface area contributed by atoms with Crippen LogP contribution in [-0.4, -0.2) is 11.1 Å². The van der Waals surface area contributed by atoms with Crippen molar-refractivity contribution in [3.8, 4) is 11.1 Å². The molecule has 2 saturated carbocycles. The highest BCUT2D eigenvalue weighted by Crippen LogP contribution is 2.71. The van der Waals surface area contributed by atoms with Gasteiger partial charge in [-0.3, -0.25) is 0 Å². The van der Waals surface area contributed by atoms with Gasteiger partial charge in [0.25, 0.3) is 0 Å². The average molecular weight is 870 g/mol. The van der Waals surface area contributed by atoms with Crippen LogP contribution in [0.2, 0.25) is 0 Å². The van der Waals surface area contributed by atoms with Gasteiger partial charge in [0.2, 0.25) is 0 Å². The molecule has 12 rings (SSSR count). The third-order valence-electron chi connectivity index (χ3n) is 18.9. The smallest absolute Gasteiger partial charge is 0.0545 e. The molecule has 6 aromatic rings. The molecule has 2 fully saturated rings. The van der Waals surface area contributed by atoms with E-state index in [1.807, 2.05) is 0 Å². The molecule has 0 spiro atoms. The number of aryl methyl sites for hydroxylation is 2. The number of hydrogen-bond donors (Lipinski definition) is 0. The van der Waals surface area contributed by atoms with Crippen molar-refractivity contribution in [1.82, 2.24) is 0 Å². The fourth-order valence-corrected chi connectivity index (χ4v) is 15.0. The van der Waals surface area contributed by atoms with Crippen molar-refractivity contribution in [2.24, 2.45) is 0 Å². The average Bonchev–Trinajstić information content (AvgIpc) is 3.63. The van der Waals surface area contributed by atoms with Crippen LogP contribution in [-0.2, 0) is 21.7 Å². The van der Waals surface area contributed by atoms with E-state index in [2.05, 4.69) is 207 Å². The number of fused-ring (bicyclic) bond motifs is 10. The summed E-state index contributed by atoms with van der Waals surface area (Å²) in [7, 11) is 0. The SMILES string of the molecule is Cc1cc(C)c2c3c1C1c4ccc(C(C)(C)C)cc4N(c4ccc(C(C)(C)C)cc4-c4ccccc4)c4cc(N5c6ccccc6C6(C)CCCCC56C)cc(c41)N3C1(C)CCCCC21C. The Morgan fingerprint density at radius 2 is 1.11 bits per heavy atom. The van der Waals surface area contributed by atoms with Crippen LogP contribution >= 0.6 is 0 Å². The Balaban J connectivity index is 1.25. The Hall–Kier alpha value is -5.28. The summed E-state index contributed by atoms with van der Waals surface area (Å²) >= 11 is 0. The minimum atomic E-state index is -0.0746. The third kappa shape index (κ3) is 5.32. The largest absolute Gasteiger partial charge is 0.334 e. The van der Waals surface area contributed by atoms with Crippen LogP contribution in [0.3, 0.4) is 0 Å². The maximum atomic E-state index is 2.97. The Morgan fingerprint density at radius 3 is 1.82 bits per heavy atom. The molecule has 5 unspecified atom stereocenters. The van der Waals surface area contributed by atoms with Gasteiger partial charge in [-0.05, 0) is 151 Å². The maximum Gasteiger partial charge on any atom is 0.0545 e. The first-order valence-corrected chi connectivity index (χ1v) is 25.5. The van der Waals surface area contributed by atoms with Crippen LogP contribution in [0.5, 0.6) is 0 Å². The fraction of sp³-hybridized carbons (Fsp3) is 0.429. The predicted molar refractivity (Wildman–Crippen MR) is 280 cm³/mol. The van der Waals surface area contributed by atoms with Gasteiger partial charge < -0.3 is 14.7 Å². The Bertz CT molecular complexity index is 3020. The zero-order valence-corrected chi connectivity index (χ0v) is 42.0. The number of nitrogens with zero attached hydrogens (tertiary/aromatic N) is 3. The van der Waals surface area contributed by atoms with Gasteiger partial charge in [0.1, 0.15) is 0 Å². The van der Waals surface area contributed by atoms with Crippen molar-refractivity contribution in [2.75, 3.05) is 14.7 Å². The van der Waals surface area contributed by atoms with Gasteiger partial charge in [-0.15, -0.1) is 0 Å². The van der Waals surface area contributed by atoms with Crippen molar-refractivity contribution >= 4 is 39.8 Å². The van der Waals surface area contributed by atoms with Crippen LogP contribution in [0.1, 0.15) is 177 Å². The lowest BCUT2D eigenvalue weighted by molar-refractivity contribution is 0.193. The molecule has 0 saturated heterocycles. The number of para-hydroxylation sites is 1. The lowest BCUT2D eigenvalue weighted by Crippen LogP contribution is -2.56. The van der Waals surface area contributed by atoms with E-state index in [9.17, 15) is 0 Å². The van der Waals surface area contributed by atoms with Crippen molar-refractivity contribution in [3.63, 3.8) is 0 Å². The quantitative estimate of drug-likeness (QED) is 0.175. The standard InChI is InChI=1S/C63H71N3/c1-39-34-40(2)56-57-53(39)54-45-28-26-43(59(6,7)8)36-50(45)64(48-29-27-42(58(3,4)5)35-46(48)41-22-14-13-15-23-41)51-37-44(38-52(55(51)54)66(57)63(12)33-21-19-31-61(56,63)10)65-49-25-17-16-24-47(49)60(9)30-18-20-32-62(60,65)11/h13-17,22-29,34-38,54H,18-21,30-33H2,1-12H3. The first-order valence-electron chi connectivity index (χ1n) is 25.5. The van der Waals surface area contributed by atoms with Gasteiger partial charge in [0.15, 0.2) is 0 Å². The molecule has 3 heteroatoms. The molecule has 0 bridgehead atoms. The molecule has 6 aromatic carbocycles. The van der Waals surface area contributed by atoms with Crippen LogP contribution in [0.4, 0.5) is 39.8 Å². The van der Waals surface area contributed by atoms with Gasteiger partial charge in [-0.25, -0.2) is 0 Å². The van der Waals surface area contributed by atoms with Gasteiger partial charge in [0.05, 0.1) is 39.5 Å². The van der Waals surface area contributed by atoms with E-state index in [1.54, 1.807) is 5.56 Å². The minimum absolute atomic E-state index is 0.00833. The van der Waals surface area contributed by atoms with Crippen molar-refractivity contribution in [2.45, 2.75) is 173 Å². The van der Waals surface area contributed by atoms with Crippen molar-refractivity contribution in [1.29, 1.82) is 0 Å². The number of anilines is 7. The van der Waals surface area contributed by atoms with E-state index in [1.165, 1.54) is 147 Å². The topological polar surface area (TPSA) is 9.72 Å². The van der Waals surface area contributed by atoms with Gasteiger partial charge in [-0.2, -0.15) is 0 Å². The van der Waals surface area contributed by atoms with Crippen molar-refractivity contribution in [3.05, 3.63) is 159 Å². The van der Waals surface area contributed by atoms with Crippen LogP contribution in [0.25, 0.3) is 11.1 Å². The molecule has 0 amide bonds. The molecular weight excluding hydrogens is 799 g/mol. The Kier molecular flexibility index (Phi) is 8.72. The lowest BCUT2D eigenvalue weighted by Gasteiger charge is -2.54. The van der Waals surface area contributed by atoms with Gasteiger partial charge >= 0.3 is 0 Å². The molecule has 0 radical (unpaired) electrons. The van der Waals surface area contributed by atoms with Crippen LogP contribution in [0.15, 0.2) is 109 Å². The molecule has 4 aliphatic heterocycles. The minimum Gasteiger partial charge on any atom is -0.334 e. The summed E-state index contributed by atoms with van der Waals surface area (Å²) in [6.45, 7) is 29.5. The zero-order valence-electron chi connectivity index (χ0n) is 42.0. The second-order valence-electron chi connectivity index (χ2n) is 24.5. The van der Waals surface area contributed by atoms with Crippen LogP contribution < -0.4 is 14.7 Å². The van der Waals surface area contributed by atoms with E-state index in [-0.39, 0.29) is 38.7 Å². The number of benzene rings is 6. The van der Waals surface area contributed by atoms with E-state index in [4.69, 9.17) is 0 Å². The summed E-state index contributed by atoms with van der Waals surface area (Å²) in [6.07, 6.45) is 9.86. The van der Waals surface area contributed by atoms with E-state index in [0.29, 0.717) is 0 Å². The molecule has 5 atom stereocenters.